The van der Waals surface area contributed by atoms with Crippen molar-refractivity contribution >= 4 is 44.9 Å². The summed E-state index contributed by atoms with van der Waals surface area (Å²) >= 11 is 14.9. The quantitative estimate of drug-likeness (QED) is 0.529. The molecular weight excluding hydrogens is 428 g/mol. The van der Waals surface area contributed by atoms with Crippen molar-refractivity contribution in [3.05, 3.63) is 67.6 Å². The van der Waals surface area contributed by atoms with Gasteiger partial charge in [-0.1, -0.05) is 51.3 Å². The molecule has 1 nitrogen and oxygen atoms in total. The van der Waals surface area contributed by atoms with Crippen LogP contribution in [0.4, 0.5) is 13.2 Å². The van der Waals surface area contributed by atoms with Crippen LogP contribution in [0.2, 0.25) is 10.0 Å². The van der Waals surface area contributed by atoms with Gasteiger partial charge in [-0.25, -0.2) is 0 Å². The Morgan fingerprint density at radius 2 is 1.71 bits per heavy atom. The minimum atomic E-state index is -4.73. The highest BCUT2D eigenvalue weighted by molar-refractivity contribution is 9.10. The van der Waals surface area contributed by atoms with E-state index in [9.17, 15) is 18.0 Å². The molecule has 0 aliphatic rings. The monoisotopic (exact) mass is 438 g/mol. The van der Waals surface area contributed by atoms with Crippen molar-refractivity contribution in [1.29, 1.82) is 0 Å². The molecule has 0 bridgehead atoms. The van der Waals surface area contributed by atoms with Gasteiger partial charge >= 0.3 is 6.18 Å². The molecule has 0 spiro atoms. The van der Waals surface area contributed by atoms with Crippen LogP contribution in [-0.2, 0) is 11.2 Å². The second-order valence-electron chi connectivity index (χ2n) is 5.40. The van der Waals surface area contributed by atoms with E-state index >= 15 is 0 Å². The summed E-state index contributed by atoms with van der Waals surface area (Å²) < 4.78 is 41.2. The van der Waals surface area contributed by atoms with E-state index in [1.807, 2.05) is 0 Å². The zero-order valence-corrected chi connectivity index (χ0v) is 15.5. The van der Waals surface area contributed by atoms with Crippen molar-refractivity contribution in [2.45, 2.75) is 25.4 Å². The lowest BCUT2D eigenvalue weighted by molar-refractivity contribution is -0.163. The minimum absolute atomic E-state index is 0.0547. The Labute approximate surface area is 155 Å². The molecule has 0 saturated carbocycles. The lowest BCUT2D eigenvalue weighted by Crippen LogP contribution is -2.29. The van der Waals surface area contributed by atoms with Gasteiger partial charge < -0.3 is 0 Å². The zero-order chi connectivity index (χ0) is 18.1. The molecule has 7 heteroatoms. The highest BCUT2D eigenvalue weighted by Crippen LogP contribution is 2.38. The highest BCUT2D eigenvalue weighted by atomic mass is 79.9. The fraction of sp³-hybridized carbons (Fsp3) is 0.235. The van der Waals surface area contributed by atoms with Gasteiger partial charge in [0.1, 0.15) is 5.92 Å². The maximum Gasteiger partial charge on any atom is 0.402 e. The second kappa shape index (κ2) is 7.46. The summed E-state index contributed by atoms with van der Waals surface area (Å²) in [5, 5.41) is 0.109. The van der Waals surface area contributed by atoms with Crippen LogP contribution in [0, 0.1) is 6.92 Å². The minimum Gasteiger partial charge on any atom is -0.298 e. The molecule has 2 aromatic rings. The fourth-order valence-electron chi connectivity index (χ4n) is 2.42. The molecule has 0 N–H and O–H groups in total. The van der Waals surface area contributed by atoms with Crippen molar-refractivity contribution in [1.82, 2.24) is 0 Å². The number of Topliss-reactive ketones (excluding diaryl/α,β-unsaturated/α-hetero) is 1. The van der Waals surface area contributed by atoms with E-state index in [4.69, 9.17) is 23.2 Å². The molecule has 24 heavy (non-hydrogen) atoms. The number of alkyl halides is 3. The Kier molecular flexibility index (Phi) is 6.00. The Bertz CT molecular complexity index is 755. The molecule has 128 valence electrons. The number of hydrogen-bond donors (Lipinski definition) is 0. The molecule has 1 unspecified atom stereocenters. The predicted octanol–water partition coefficient (Wildman–Crippen LogP) is 6.52. The number of hydrogen-bond acceptors (Lipinski definition) is 1. The Balaban J connectivity index is 2.37. The Hall–Kier alpha value is -1.04. The summed E-state index contributed by atoms with van der Waals surface area (Å²) in [7, 11) is 0. The molecule has 0 fully saturated rings. The van der Waals surface area contributed by atoms with Gasteiger partial charge in [-0.15, -0.1) is 0 Å². The summed E-state index contributed by atoms with van der Waals surface area (Å²) in [6, 6.07) is 8.57. The van der Waals surface area contributed by atoms with Gasteiger partial charge in [0.15, 0.2) is 5.78 Å². The molecular formula is C17H12BrCl2F3O. The number of halogens is 6. The van der Waals surface area contributed by atoms with Gasteiger partial charge in [-0.2, -0.15) is 13.2 Å². The van der Waals surface area contributed by atoms with Crippen LogP contribution < -0.4 is 0 Å². The summed E-state index contributed by atoms with van der Waals surface area (Å²) in [6.07, 6.45) is -5.06. The smallest absolute Gasteiger partial charge is 0.298 e. The van der Waals surface area contributed by atoms with Crippen LogP contribution in [0.15, 0.2) is 40.9 Å². The summed E-state index contributed by atoms with van der Waals surface area (Å²) in [6.45, 7) is 1.80. The van der Waals surface area contributed by atoms with Crippen LogP contribution in [0.5, 0.6) is 0 Å². The third kappa shape index (κ3) is 4.74. The van der Waals surface area contributed by atoms with Crippen molar-refractivity contribution < 1.29 is 18.0 Å². The first-order valence-corrected chi connectivity index (χ1v) is 8.43. The average molecular weight is 440 g/mol. The van der Waals surface area contributed by atoms with Gasteiger partial charge in [0.25, 0.3) is 0 Å². The largest absolute Gasteiger partial charge is 0.402 e. The number of ketones is 1. The number of benzene rings is 2. The van der Waals surface area contributed by atoms with Crippen LogP contribution in [0.3, 0.4) is 0 Å². The molecule has 2 aromatic carbocycles. The molecule has 0 aromatic heterocycles. The predicted molar refractivity (Wildman–Crippen MR) is 92.8 cm³/mol. The molecule has 0 heterocycles. The SMILES string of the molecule is Cc1cc(CC(=O)C(c2cc(Cl)cc(Cl)c2)C(F)(F)F)ccc1Br. The maximum atomic E-state index is 13.5. The summed E-state index contributed by atoms with van der Waals surface area (Å²) in [5.74, 6) is -3.22. The Morgan fingerprint density at radius 3 is 2.21 bits per heavy atom. The molecule has 1 atom stereocenters. The van der Waals surface area contributed by atoms with Crippen molar-refractivity contribution in [2.75, 3.05) is 0 Å². The van der Waals surface area contributed by atoms with Gasteiger partial charge in [-0.3, -0.25) is 4.79 Å². The fourth-order valence-corrected chi connectivity index (χ4v) is 3.21. The van der Waals surface area contributed by atoms with Crippen LogP contribution in [0.25, 0.3) is 0 Å². The lowest BCUT2D eigenvalue weighted by atomic mass is 9.90. The van der Waals surface area contributed by atoms with E-state index in [1.165, 1.54) is 6.07 Å². The molecule has 0 aliphatic carbocycles. The molecule has 0 aliphatic heterocycles. The van der Waals surface area contributed by atoms with E-state index in [2.05, 4.69) is 15.9 Å². The van der Waals surface area contributed by atoms with Crippen LogP contribution in [0.1, 0.15) is 22.6 Å². The van der Waals surface area contributed by atoms with E-state index in [-0.39, 0.29) is 22.0 Å². The van der Waals surface area contributed by atoms with Crippen LogP contribution >= 0.6 is 39.1 Å². The molecule has 0 radical (unpaired) electrons. The summed E-state index contributed by atoms with van der Waals surface area (Å²) in [5.41, 5.74) is 1.11. The molecule has 0 amide bonds. The topological polar surface area (TPSA) is 17.1 Å². The van der Waals surface area contributed by atoms with E-state index in [0.717, 1.165) is 22.2 Å². The van der Waals surface area contributed by atoms with Crippen molar-refractivity contribution in [3.8, 4) is 0 Å². The third-order valence-corrected chi connectivity index (χ3v) is 4.79. The standard InChI is InChI=1S/C17H12BrCl2F3O/c1-9-4-10(2-3-14(9)18)5-15(24)16(17(21,22)23)11-6-12(19)8-13(20)7-11/h2-4,6-8,16H,5H2,1H3. The third-order valence-electron chi connectivity index (χ3n) is 3.47. The van der Waals surface area contributed by atoms with Crippen molar-refractivity contribution in [2.24, 2.45) is 0 Å². The normalized spacial score (nSPS) is 13.0. The Morgan fingerprint density at radius 1 is 1.12 bits per heavy atom. The van der Waals surface area contributed by atoms with Gasteiger partial charge in [-0.05, 0) is 47.9 Å². The van der Waals surface area contributed by atoms with E-state index in [0.29, 0.717) is 5.56 Å². The first kappa shape index (κ1) is 19.3. The number of carbonyl (C=O) groups excluding carboxylic acids is 1. The van der Waals surface area contributed by atoms with Crippen LogP contribution in [-0.4, -0.2) is 12.0 Å². The second-order valence-corrected chi connectivity index (χ2v) is 7.13. The van der Waals surface area contributed by atoms with E-state index < -0.39 is 17.9 Å². The average Bonchev–Trinajstić information content (AvgIpc) is 2.40. The van der Waals surface area contributed by atoms with Gasteiger partial charge in [0.05, 0.1) is 0 Å². The number of carbonyl (C=O) groups is 1. The number of rotatable bonds is 4. The molecule has 0 saturated heterocycles. The lowest BCUT2D eigenvalue weighted by Gasteiger charge is -2.20. The molecule has 2 rings (SSSR count). The first-order valence-electron chi connectivity index (χ1n) is 6.88. The zero-order valence-electron chi connectivity index (χ0n) is 12.4. The van der Waals surface area contributed by atoms with Gasteiger partial charge in [0, 0.05) is 20.9 Å². The van der Waals surface area contributed by atoms with Crippen molar-refractivity contribution in [3.63, 3.8) is 0 Å². The first-order chi connectivity index (χ1) is 11.1. The maximum absolute atomic E-state index is 13.5. The van der Waals surface area contributed by atoms with Gasteiger partial charge in [0.2, 0.25) is 0 Å². The van der Waals surface area contributed by atoms with E-state index in [1.54, 1.807) is 25.1 Å². The number of aryl methyl sites for hydroxylation is 1. The summed E-state index contributed by atoms with van der Waals surface area (Å²) in [4.78, 5) is 12.4. The highest BCUT2D eigenvalue weighted by Gasteiger charge is 2.45.